The molecular weight excluding hydrogens is 292 g/mol. The number of amides is 1. The summed E-state index contributed by atoms with van der Waals surface area (Å²) in [5.74, 6) is 1.28. The number of benzene rings is 1. The first kappa shape index (κ1) is 15.0. The molecule has 0 radical (unpaired) electrons. The summed E-state index contributed by atoms with van der Waals surface area (Å²) >= 11 is 0. The molecule has 4 fully saturated rings. The predicted octanol–water partition coefficient (Wildman–Crippen LogP) is 1.43. The monoisotopic (exact) mass is 316 g/mol. The van der Waals surface area contributed by atoms with Crippen LogP contribution in [0.2, 0.25) is 0 Å². The molecule has 1 aromatic rings. The molecule has 1 aromatic carbocycles. The Morgan fingerprint density at radius 1 is 1.30 bits per heavy atom. The lowest BCUT2D eigenvalue weighted by molar-refractivity contribution is -0.139. The van der Waals surface area contributed by atoms with Gasteiger partial charge < -0.3 is 14.7 Å². The van der Waals surface area contributed by atoms with Crippen LogP contribution in [-0.4, -0.2) is 66.2 Å². The molecule has 4 heterocycles. The van der Waals surface area contributed by atoms with Crippen LogP contribution in [0.15, 0.2) is 24.3 Å². The molecule has 5 rings (SSSR count). The number of phenolic OH excluding ortho intramolecular Hbond substituents is 1. The standard InChI is InChI=1S/C18H24N2O3/c1-23-11-16(22)20-10-15(13-3-2-4-14(21)9-13)18-17(20)12-5-7-19(18)8-6-12/h2-4,9,12,15,17-18,21H,5-8,10-11H2,1H3/t15-,17+,18+/m1/s1. The number of hydrogen-bond donors (Lipinski definition) is 1. The number of nitrogens with zero attached hydrogens (tertiary/aromatic N) is 2. The summed E-state index contributed by atoms with van der Waals surface area (Å²) in [5, 5.41) is 9.85. The predicted molar refractivity (Wildman–Crippen MR) is 86.3 cm³/mol. The van der Waals surface area contributed by atoms with Gasteiger partial charge in [-0.05, 0) is 49.5 Å². The molecule has 1 N–H and O–H groups in total. The summed E-state index contributed by atoms with van der Waals surface area (Å²) in [5.41, 5.74) is 1.14. The molecule has 1 amide bonds. The van der Waals surface area contributed by atoms with Gasteiger partial charge in [-0.1, -0.05) is 12.1 Å². The van der Waals surface area contributed by atoms with Crippen molar-refractivity contribution in [2.75, 3.05) is 33.4 Å². The van der Waals surface area contributed by atoms with Gasteiger partial charge >= 0.3 is 0 Å². The normalized spacial score (nSPS) is 35.3. The quantitative estimate of drug-likeness (QED) is 0.916. The molecule has 5 nitrogen and oxygen atoms in total. The highest BCUT2D eigenvalue weighted by molar-refractivity contribution is 5.78. The zero-order valence-electron chi connectivity index (χ0n) is 13.5. The summed E-state index contributed by atoms with van der Waals surface area (Å²) in [7, 11) is 1.58. The molecule has 0 spiro atoms. The van der Waals surface area contributed by atoms with Crippen LogP contribution < -0.4 is 0 Å². The van der Waals surface area contributed by atoms with Crippen molar-refractivity contribution in [3.05, 3.63) is 29.8 Å². The second-order valence-electron chi connectivity index (χ2n) is 7.04. The third kappa shape index (κ3) is 2.42. The maximum Gasteiger partial charge on any atom is 0.248 e. The number of likely N-dealkylation sites (tertiary alicyclic amines) is 1. The Labute approximate surface area is 136 Å². The summed E-state index contributed by atoms with van der Waals surface area (Å²) in [6.07, 6.45) is 2.37. The van der Waals surface area contributed by atoms with E-state index in [9.17, 15) is 9.90 Å². The van der Waals surface area contributed by atoms with Crippen molar-refractivity contribution in [3.63, 3.8) is 0 Å². The number of aromatic hydroxyl groups is 1. The van der Waals surface area contributed by atoms with Gasteiger partial charge in [0.15, 0.2) is 0 Å². The van der Waals surface area contributed by atoms with Crippen LogP contribution in [0.4, 0.5) is 0 Å². The number of ether oxygens (including phenoxy) is 1. The molecule has 23 heavy (non-hydrogen) atoms. The van der Waals surface area contributed by atoms with E-state index >= 15 is 0 Å². The number of phenols is 1. The van der Waals surface area contributed by atoms with E-state index in [0.29, 0.717) is 23.8 Å². The van der Waals surface area contributed by atoms with Crippen molar-refractivity contribution in [1.82, 2.24) is 9.80 Å². The second kappa shape index (κ2) is 5.80. The fourth-order valence-electron chi connectivity index (χ4n) is 4.96. The van der Waals surface area contributed by atoms with Gasteiger partial charge in [0.05, 0.1) is 6.04 Å². The summed E-state index contributed by atoms with van der Waals surface area (Å²) < 4.78 is 5.09. The lowest BCUT2D eigenvalue weighted by Crippen LogP contribution is -2.61. The van der Waals surface area contributed by atoms with E-state index in [0.717, 1.165) is 25.2 Å². The molecule has 3 atom stereocenters. The summed E-state index contributed by atoms with van der Waals surface area (Å²) in [6, 6.07) is 8.22. The van der Waals surface area contributed by atoms with Crippen LogP contribution in [0, 0.1) is 5.92 Å². The van der Waals surface area contributed by atoms with Gasteiger partial charge in [-0.2, -0.15) is 0 Å². The van der Waals surface area contributed by atoms with Crippen molar-refractivity contribution >= 4 is 5.91 Å². The van der Waals surface area contributed by atoms with Crippen molar-refractivity contribution < 1.29 is 14.6 Å². The second-order valence-corrected chi connectivity index (χ2v) is 7.04. The minimum Gasteiger partial charge on any atom is -0.508 e. The van der Waals surface area contributed by atoms with Gasteiger partial charge in [0.25, 0.3) is 0 Å². The fraction of sp³-hybridized carbons (Fsp3) is 0.611. The fourth-order valence-corrected chi connectivity index (χ4v) is 4.96. The smallest absolute Gasteiger partial charge is 0.248 e. The van der Waals surface area contributed by atoms with E-state index < -0.39 is 0 Å². The van der Waals surface area contributed by atoms with Gasteiger partial charge in [-0.15, -0.1) is 0 Å². The maximum atomic E-state index is 12.6. The SMILES string of the molecule is COCC(=O)N1C[C@H](c2cccc(O)c2)[C@H]2[C@@H]1C1CCN2CC1. The van der Waals surface area contributed by atoms with Crippen molar-refractivity contribution in [2.24, 2.45) is 5.92 Å². The van der Waals surface area contributed by atoms with Gasteiger partial charge in [0.1, 0.15) is 12.4 Å². The zero-order chi connectivity index (χ0) is 16.0. The van der Waals surface area contributed by atoms with E-state index in [-0.39, 0.29) is 18.4 Å². The minimum absolute atomic E-state index is 0.0962. The van der Waals surface area contributed by atoms with E-state index in [1.807, 2.05) is 12.1 Å². The maximum absolute atomic E-state index is 12.6. The van der Waals surface area contributed by atoms with Crippen LogP contribution >= 0.6 is 0 Å². The Morgan fingerprint density at radius 2 is 2.09 bits per heavy atom. The molecule has 124 valence electrons. The van der Waals surface area contributed by atoms with Gasteiger partial charge in [0.2, 0.25) is 5.91 Å². The van der Waals surface area contributed by atoms with Crippen LogP contribution in [0.25, 0.3) is 0 Å². The third-order valence-corrected chi connectivity index (χ3v) is 5.88. The van der Waals surface area contributed by atoms with Crippen LogP contribution in [-0.2, 0) is 9.53 Å². The Bertz CT molecular complexity index is 598. The topological polar surface area (TPSA) is 53.0 Å². The van der Waals surface area contributed by atoms with Gasteiger partial charge in [-0.25, -0.2) is 0 Å². The highest BCUT2D eigenvalue weighted by Crippen LogP contribution is 2.46. The largest absolute Gasteiger partial charge is 0.508 e. The Hall–Kier alpha value is -1.59. The summed E-state index contributed by atoms with van der Waals surface area (Å²) in [4.78, 5) is 17.2. The van der Waals surface area contributed by atoms with Crippen LogP contribution in [0.1, 0.15) is 24.3 Å². The third-order valence-electron chi connectivity index (χ3n) is 5.88. The molecule has 5 heteroatoms. The molecular formula is C18H24N2O3. The van der Waals surface area contributed by atoms with Crippen LogP contribution in [0.5, 0.6) is 5.75 Å². The van der Waals surface area contributed by atoms with Crippen LogP contribution in [0.3, 0.4) is 0 Å². The van der Waals surface area contributed by atoms with Gasteiger partial charge in [0, 0.05) is 25.6 Å². The highest BCUT2D eigenvalue weighted by atomic mass is 16.5. The Balaban J connectivity index is 1.69. The minimum atomic E-state index is 0.0962. The van der Waals surface area contributed by atoms with E-state index in [1.165, 1.54) is 12.8 Å². The Kier molecular flexibility index (Phi) is 3.77. The summed E-state index contributed by atoms with van der Waals surface area (Å²) in [6.45, 7) is 3.15. The Morgan fingerprint density at radius 3 is 2.78 bits per heavy atom. The zero-order valence-corrected chi connectivity index (χ0v) is 13.5. The molecule has 0 saturated carbocycles. The molecule has 4 saturated heterocycles. The molecule has 0 aliphatic carbocycles. The highest BCUT2D eigenvalue weighted by Gasteiger charge is 2.54. The van der Waals surface area contributed by atoms with Crippen molar-refractivity contribution in [3.8, 4) is 5.75 Å². The number of piperidine rings is 3. The molecule has 0 aromatic heterocycles. The van der Waals surface area contributed by atoms with Crippen molar-refractivity contribution in [2.45, 2.75) is 30.8 Å². The molecule has 4 aliphatic rings. The molecule has 0 unspecified atom stereocenters. The number of rotatable bonds is 3. The number of hydrogen-bond acceptors (Lipinski definition) is 4. The molecule has 2 bridgehead atoms. The van der Waals surface area contributed by atoms with Crippen molar-refractivity contribution in [1.29, 1.82) is 0 Å². The lowest BCUT2D eigenvalue weighted by Gasteiger charge is -2.51. The van der Waals surface area contributed by atoms with Gasteiger partial charge in [-0.3, -0.25) is 9.69 Å². The first-order valence-corrected chi connectivity index (χ1v) is 8.50. The van der Waals surface area contributed by atoms with E-state index in [1.54, 1.807) is 13.2 Å². The van der Waals surface area contributed by atoms with E-state index in [4.69, 9.17) is 4.74 Å². The average Bonchev–Trinajstić information content (AvgIpc) is 2.99. The lowest BCUT2D eigenvalue weighted by atomic mass is 9.75. The number of methoxy groups -OCH3 is 1. The first-order chi connectivity index (χ1) is 11.2. The average molecular weight is 316 g/mol. The number of carbonyl (C=O) groups is 1. The van der Waals surface area contributed by atoms with E-state index in [2.05, 4.69) is 15.9 Å². The first-order valence-electron chi connectivity index (χ1n) is 8.50. The number of carbonyl (C=O) groups excluding carboxylic acids is 1. The molecule has 4 aliphatic heterocycles. The number of fused-ring (bicyclic) bond motifs is 2.